The Morgan fingerprint density at radius 2 is 1.49 bits per heavy atom. The van der Waals surface area contributed by atoms with Crippen LogP contribution in [-0.4, -0.2) is 50.0 Å². The largest absolute Gasteiger partial charge is 0.352 e. The smallest absolute Gasteiger partial charge is 0.244 e. The third kappa shape index (κ3) is 8.33. The van der Waals surface area contributed by atoms with Gasteiger partial charge in [-0.1, -0.05) is 72.3 Å². The van der Waals surface area contributed by atoms with Crippen molar-refractivity contribution in [1.82, 2.24) is 10.2 Å². The van der Waals surface area contributed by atoms with Gasteiger partial charge in [0.15, 0.2) is 0 Å². The van der Waals surface area contributed by atoms with E-state index in [1.807, 2.05) is 50.2 Å². The number of benzene rings is 3. The molecule has 3 rings (SSSR count). The molecule has 1 N–H and O–H groups in total. The average molecular weight is 542 g/mol. The van der Waals surface area contributed by atoms with Gasteiger partial charge in [-0.2, -0.15) is 0 Å². The number of anilines is 1. The van der Waals surface area contributed by atoms with Crippen molar-refractivity contribution >= 4 is 39.1 Å². The lowest BCUT2D eigenvalue weighted by Crippen LogP contribution is -2.54. The lowest BCUT2D eigenvalue weighted by Gasteiger charge is -2.34. The van der Waals surface area contributed by atoms with Crippen LogP contribution in [0, 0.1) is 0 Å². The lowest BCUT2D eigenvalue weighted by molar-refractivity contribution is -0.140. The van der Waals surface area contributed by atoms with Gasteiger partial charge in [0, 0.05) is 24.0 Å². The van der Waals surface area contributed by atoms with Gasteiger partial charge < -0.3 is 10.2 Å². The highest BCUT2D eigenvalue weighted by atomic mass is 35.5. The second-order valence-electron chi connectivity index (χ2n) is 9.13. The minimum absolute atomic E-state index is 0.0782. The number of para-hydroxylation sites is 1. The molecule has 37 heavy (non-hydrogen) atoms. The molecule has 0 bridgehead atoms. The van der Waals surface area contributed by atoms with Crippen molar-refractivity contribution < 1.29 is 18.0 Å². The highest BCUT2D eigenvalue weighted by Gasteiger charge is 2.33. The Bertz CT molecular complexity index is 1300. The van der Waals surface area contributed by atoms with Gasteiger partial charge in [0.05, 0.1) is 11.9 Å². The number of nitrogens with one attached hydrogen (secondary N) is 1. The van der Waals surface area contributed by atoms with Crippen LogP contribution in [0.3, 0.4) is 0 Å². The summed E-state index contributed by atoms with van der Waals surface area (Å²) in [7, 11) is -3.79. The summed E-state index contributed by atoms with van der Waals surface area (Å²) in [5.74, 6) is -0.825. The molecule has 0 aliphatic heterocycles. The number of hydrogen-bond acceptors (Lipinski definition) is 4. The molecule has 1 unspecified atom stereocenters. The van der Waals surface area contributed by atoms with Gasteiger partial charge in [-0.25, -0.2) is 8.42 Å². The molecular formula is C28H32ClN3O4S. The summed E-state index contributed by atoms with van der Waals surface area (Å²) in [6.07, 6.45) is 1.32. The maximum Gasteiger partial charge on any atom is 0.244 e. The van der Waals surface area contributed by atoms with Crippen LogP contribution in [0.4, 0.5) is 5.69 Å². The van der Waals surface area contributed by atoms with Crippen molar-refractivity contribution in [2.75, 3.05) is 17.1 Å². The molecule has 0 aliphatic carbocycles. The van der Waals surface area contributed by atoms with E-state index in [1.54, 1.807) is 48.5 Å². The zero-order chi connectivity index (χ0) is 27.0. The first-order valence-electron chi connectivity index (χ1n) is 12.0. The number of nitrogens with zero attached hydrogens (tertiary/aromatic N) is 2. The highest BCUT2D eigenvalue weighted by Crippen LogP contribution is 2.21. The lowest BCUT2D eigenvalue weighted by atomic mass is 10.0. The van der Waals surface area contributed by atoms with E-state index in [0.717, 1.165) is 21.7 Å². The fourth-order valence-corrected chi connectivity index (χ4v) is 5.04. The summed E-state index contributed by atoms with van der Waals surface area (Å²) in [5.41, 5.74) is 1.97. The van der Waals surface area contributed by atoms with E-state index in [2.05, 4.69) is 5.32 Å². The number of amides is 2. The van der Waals surface area contributed by atoms with Crippen molar-refractivity contribution in [3.05, 3.63) is 101 Å². The van der Waals surface area contributed by atoms with Crippen LogP contribution in [0.2, 0.25) is 5.02 Å². The third-order valence-electron chi connectivity index (χ3n) is 5.67. The molecule has 196 valence electrons. The second kappa shape index (κ2) is 12.7. The fourth-order valence-electron chi connectivity index (χ4n) is 3.97. The van der Waals surface area contributed by atoms with Gasteiger partial charge in [0.2, 0.25) is 21.8 Å². The van der Waals surface area contributed by atoms with Crippen molar-refractivity contribution in [3.63, 3.8) is 0 Å². The molecule has 0 aliphatic rings. The minimum atomic E-state index is -3.79. The summed E-state index contributed by atoms with van der Waals surface area (Å²) in [5, 5.41) is 3.42. The van der Waals surface area contributed by atoms with Crippen LogP contribution >= 0.6 is 11.6 Å². The van der Waals surface area contributed by atoms with Crippen molar-refractivity contribution in [2.45, 2.75) is 38.9 Å². The third-order valence-corrected chi connectivity index (χ3v) is 7.04. The first-order chi connectivity index (χ1) is 17.5. The molecular weight excluding hydrogens is 510 g/mol. The first kappa shape index (κ1) is 28.2. The molecule has 2 amide bonds. The molecule has 3 aromatic carbocycles. The normalized spacial score (nSPS) is 12.1. The van der Waals surface area contributed by atoms with Crippen LogP contribution in [-0.2, 0) is 32.6 Å². The van der Waals surface area contributed by atoms with E-state index in [0.29, 0.717) is 10.7 Å². The Morgan fingerprint density at radius 3 is 2.05 bits per heavy atom. The molecule has 0 radical (unpaired) electrons. The monoisotopic (exact) mass is 541 g/mol. The van der Waals surface area contributed by atoms with Crippen LogP contribution in [0.15, 0.2) is 84.9 Å². The topological polar surface area (TPSA) is 86.8 Å². The number of sulfonamides is 1. The maximum atomic E-state index is 13.9. The quantitative estimate of drug-likeness (QED) is 0.393. The van der Waals surface area contributed by atoms with E-state index < -0.39 is 28.5 Å². The van der Waals surface area contributed by atoms with Crippen LogP contribution in [0.25, 0.3) is 0 Å². The maximum absolute atomic E-state index is 13.9. The molecule has 0 saturated heterocycles. The molecule has 0 saturated carbocycles. The van der Waals surface area contributed by atoms with Crippen LogP contribution in [0.5, 0.6) is 0 Å². The Balaban J connectivity index is 2.04. The number of hydrogen-bond donors (Lipinski definition) is 1. The molecule has 3 aromatic rings. The Hall–Kier alpha value is -3.36. The first-order valence-corrected chi connectivity index (χ1v) is 14.2. The van der Waals surface area contributed by atoms with Gasteiger partial charge in [0.1, 0.15) is 12.6 Å². The number of rotatable bonds is 11. The summed E-state index contributed by atoms with van der Waals surface area (Å²) in [6, 6.07) is 23.9. The standard InChI is InChI=1S/C28H32ClN3O4S/c1-21(2)30-28(34)26(18-22-11-6-4-7-12-22)31(19-23-13-10-14-24(29)17-23)27(33)20-32(37(3,35)36)25-15-8-5-9-16-25/h4-17,21,26H,18-20H2,1-3H3,(H,30,34). The van der Waals surface area contributed by atoms with E-state index in [-0.39, 0.29) is 24.9 Å². The molecule has 9 heteroatoms. The highest BCUT2D eigenvalue weighted by molar-refractivity contribution is 7.92. The molecule has 0 aromatic heterocycles. The molecule has 0 heterocycles. The van der Waals surface area contributed by atoms with E-state index in [9.17, 15) is 18.0 Å². The van der Waals surface area contributed by atoms with Gasteiger partial charge in [-0.05, 0) is 49.2 Å². The van der Waals surface area contributed by atoms with Gasteiger partial charge >= 0.3 is 0 Å². The summed E-state index contributed by atoms with van der Waals surface area (Å²) in [6.45, 7) is 3.32. The van der Waals surface area contributed by atoms with Crippen molar-refractivity contribution in [2.24, 2.45) is 0 Å². The fraction of sp³-hybridized carbons (Fsp3) is 0.286. The van der Waals surface area contributed by atoms with E-state index >= 15 is 0 Å². The molecule has 0 fully saturated rings. The number of carbonyl (C=O) groups excluding carboxylic acids is 2. The van der Waals surface area contributed by atoms with Crippen LogP contribution in [0.1, 0.15) is 25.0 Å². The Labute approximate surface area is 224 Å². The van der Waals surface area contributed by atoms with Gasteiger partial charge in [-0.15, -0.1) is 0 Å². The van der Waals surface area contributed by atoms with E-state index in [4.69, 9.17) is 11.6 Å². The van der Waals surface area contributed by atoms with E-state index in [1.165, 1.54) is 4.90 Å². The van der Waals surface area contributed by atoms with Crippen molar-refractivity contribution in [3.8, 4) is 0 Å². The predicted octanol–water partition coefficient (Wildman–Crippen LogP) is 4.27. The number of carbonyl (C=O) groups is 2. The Morgan fingerprint density at radius 1 is 0.892 bits per heavy atom. The van der Waals surface area contributed by atoms with Gasteiger partial charge in [0.25, 0.3) is 0 Å². The molecule has 7 nitrogen and oxygen atoms in total. The zero-order valence-electron chi connectivity index (χ0n) is 21.2. The summed E-state index contributed by atoms with van der Waals surface area (Å²) < 4.78 is 26.4. The number of halogens is 1. The van der Waals surface area contributed by atoms with Gasteiger partial charge in [-0.3, -0.25) is 13.9 Å². The molecule has 0 spiro atoms. The predicted molar refractivity (Wildman–Crippen MR) is 148 cm³/mol. The minimum Gasteiger partial charge on any atom is -0.352 e. The SMILES string of the molecule is CC(C)NC(=O)C(Cc1ccccc1)N(Cc1cccc(Cl)c1)C(=O)CN(c1ccccc1)S(C)(=O)=O. The second-order valence-corrected chi connectivity index (χ2v) is 11.5. The zero-order valence-corrected chi connectivity index (χ0v) is 22.7. The average Bonchev–Trinajstić information content (AvgIpc) is 2.84. The molecule has 1 atom stereocenters. The summed E-state index contributed by atoms with van der Waals surface area (Å²) in [4.78, 5) is 28.8. The van der Waals surface area contributed by atoms with Crippen LogP contribution < -0.4 is 9.62 Å². The summed E-state index contributed by atoms with van der Waals surface area (Å²) >= 11 is 6.20. The van der Waals surface area contributed by atoms with Crippen molar-refractivity contribution in [1.29, 1.82) is 0 Å². The Kier molecular flexibility index (Phi) is 9.72.